The molecule has 1 amide bonds. The molecule has 1 aliphatic rings. The summed E-state index contributed by atoms with van der Waals surface area (Å²) in [4.78, 5) is 11.6. The number of hydrogen-bond acceptors (Lipinski definition) is 2. The molecule has 1 atom stereocenters. The van der Waals surface area contributed by atoms with Crippen molar-refractivity contribution < 1.29 is 9.90 Å². The third-order valence-corrected chi connectivity index (χ3v) is 2.80. The SMILES string of the molecule is C[C@@H](O)CNC(=O)C1CCCCCC1. The van der Waals surface area contributed by atoms with E-state index < -0.39 is 6.10 Å². The van der Waals surface area contributed by atoms with Crippen LogP contribution in [-0.2, 0) is 4.79 Å². The van der Waals surface area contributed by atoms with Gasteiger partial charge in [0.15, 0.2) is 0 Å². The number of carbonyl (C=O) groups is 1. The second kappa shape index (κ2) is 6.02. The van der Waals surface area contributed by atoms with Crippen LogP contribution in [0.3, 0.4) is 0 Å². The number of carbonyl (C=O) groups excluding carboxylic acids is 1. The lowest BCUT2D eigenvalue weighted by Gasteiger charge is -2.14. The fraction of sp³-hybridized carbons (Fsp3) is 0.909. The smallest absolute Gasteiger partial charge is 0.223 e. The lowest BCUT2D eigenvalue weighted by Crippen LogP contribution is -2.35. The lowest BCUT2D eigenvalue weighted by molar-refractivity contribution is -0.125. The van der Waals surface area contributed by atoms with E-state index >= 15 is 0 Å². The van der Waals surface area contributed by atoms with Gasteiger partial charge >= 0.3 is 0 Å². The van der Waals surface area contributed by atoms with Crippen molar-refractivity contribution in [1.82, 2.24) is 5.32 Å². The molecule has 0 aromatic heterocycles. The molecule has 0 unspecified atom stereocenters. The maximum atomic E-state index is 11.6. The molecule has 0 heterocycles. The third kappa shape index (κ3) is 4.09. The Morgan fingerprint density at radius 2 is 1.93 bits per heavy atom. The topological polar surface area (TPSA) is 49.3 Å². The summed E-state index contributed by atoms with van der Waals surface area (Å²) in [6.07, 6.45) is 6.47. The molecule has 3 nitrogen and oxygen atoms in total. The zero-order valence-electron chi connectivity index (χ0n) is 8.96. The van der Waals surface area contributed by atoms with Crippen molar-refractivity contribution in [3.8, 4) is 0 Å². The Labute approximate surface area is 85.9 Å². The largest absolute Gasteiger partial charge is 0.392 e. The van der Waals surface area contributed by atoms with E-state index in [0.717, 1.165) is 12.8 Å². The van der Waals surface area contributed by atoms with Crippen LogP contribution in [0.5, 0.6) is 0 Å². The number of aliphatic hydroxyl groups excluding tert-OH is 1. The second-order valence-corrected chi connectivity index (χ2v) is 4.28. The fourth-order valence-electron chi connectivity index (χ4n) is 1.93. The van der Waals surface area contributed by atoms with Crippen LogP contribution in [-0.4, -0.2) is 23.7 Å². The summed E-state index contributed by atoms with van der Waals surface area (Å²) in [6.45, 7) is 2.07. The molecule has 14 heavy (non-hydrogen) atoms. The van der Waals surface area contributed by atoms with Gasteiger partial charge in [-0.2, -0.15) is 0 Å². The monoisotopic (exact) mass is 199 g/mol. The molecule has 1 rings (SSSR count). The number of nitrogens with one attached hydrogen (secondary N) is 1. The summed E-state index contributed by atoms with van der Waals surface area (Å²) in [7, 11) is 0. The Morgan fingerprint density at radius 3 is 2.43 bits per heavy atom. The molecule has 1 saturated carbocycles. The minimum atomic E-state index is -0.440. The highest BCUT2D eigenvalue weighted by Crippen LogP contribution is 2.22. The molecule has 0 aromatic rings. The van der Waals surface area contributed by atoms with E-state index in [2.05, 4.69) is 5.32 Å². The van der Waals surface area contributed by atoms with E-state index in [-0.39, 0.29) is 11.8 Å². The Bertz CT molecular complexity index is 172. The molecular weight excluding hydrogens is 178 g/mol. The zero-order chi connectivity index (χ0) is 10.4. The Hall–Kier alpha value is -0.570. The van der Waals surface area contributed by atoms with Gasteiger partial charge in [-0.15, -0.1) is 0 Å². The summed E-state index contributed by atoms with van der Waals surface area (Å²) in [5.41, 5.74) is 0. The predicted octanol–water partition coefficient (Wildman–Crippen LogP) is 1.45. The first-order valence-corrected chi connectivity index (χ1v) is 5.66. The summed E-state index contributed by atoms with van der Waals surface area (Å²) in [5.74, 6) is 0.323. The first kappa shape index (κ1) is 11.5. The van der Waals surface area contributed by atoms with Crippen molar-refractivity contribution in [3.63, 3.8) is 0 Å². The summed E-state index contributed by atoms with van der Waals surface area (Å²) < 4.78 is 0. The zero-order valence-corrected chi connectivity index (χ0v) is 8.96. The van der Waals surface area contributed by atoms with Gasteiger partial charge in [-0.25, -0.2) is 0 Å². The van der Waals surface area contributed by atoms with E-state index in [4.69, 9.17) is 5.11 Å². The highest BCUT2D eigenvalue weighted by molar-refractivity contribution is 5.78. The van der Waals surface area contributed by atoms with E-state index in [0.29, 0.717) is 6.54 Å². The van der Waals surface area contributed by atoms with Gasteiger partial charge in [0.25, 0.3) is 0 Å². The van der Waals surface area contributed by atoms with Crippen LogP contribution in [0.15, 0.2) is 0 Å². The van der Waals surface area contributed by atoms with E-state index in [1.54, 1.807) is 6.92 Å². The summed E-state index contributed by atoms with van der Waals surface area (Å²) >= 11 is 0. The van der Waals surface area contributed by atoms with Crippen LogP contribution >= 0.6 is 0 Å². The minimum Gasteiger partial charge on any atom is -0.392 e. The average molecular weight is 199 g/mol. The lowest BCUT2D eigenvalue weighted by atomic mass is 9.99. The molecule has 0 radical (unpaired) electrons. The third-order valence-electron chi connectivity index (χ3n) is 2.80. The number of hydrogen-bond donors (Lipinski definition) is 2. The Kier molecular flexibility index (Phi) is 4.94. The Balaban J connectivity index is 2.27. The average Bonchev–Trinajstić information content (AvgIpc) is 2.42. The molecule has 0 spiro atoms. The van der Waals surface area contributed by atoms with Crippen LogP contribution in [0.4, 0.5) is 0 Å². The number of aliphatic hydroxyl groups is 1. The van der Waals surface area contributed by atoms with Gasteiger partial charge in [-0.3, -0.25) is 4.79 Å². The van der Waals surface area contributed by atoms with Crippen LogP contribution < -0.4 is 5.32 Å². The van der Waals surface area contributed by atoms with Crippen molar-refractivity contribution in [2.45, 2.75) is 51.6 Å². The fourth-order valence-corrected chi connectivity index (χ4v) is 1.93. The molecule has 0 aromatic carbocycles. The molecular formula is C11H21NO2. The van der Waals surface area contributed by atoms with Crippen LogP contribution in [0.2, 0.25) is 0 Å². The van der Waals surface area contributed by atoms with Crippen LogP contribution in [0.1, 0.15) is 45.4 Å². The molecule has 1 aliphatic carbocycles. The van der Waals surface area contributed by atoms with Gasteiger partial charge in [0.05, 0.1) is 6.10 Å². The van der Waals surface area contributed by atoms with Crippen LogP contribution in [0, 0.1) is 5.92 Å². The van der Waals surface area contributed by atoms with Crippen molar-refractivity contribution in [3.05, 3.63) is 0 Å². The first-order chi connectivity index (χ1) is 6.70. The van der Waals surface area contributed by atoms with Crippen LogP contribution in [0.25, 0.3) is 0 Å². The summed E-state index contributed by atoms with van der Waals surface area (Å²) in [5, 5.41) is 11.8. The first-order valence-electron chi connectivity index (χ1n) is 5.66. The van der Waals surface area contributed by atoms with Gasteiger partial charge in [0.2, 0.25) is 5.91 Å². The van der Waals surface area contributed by atoms with Gasteiger partial charge in [0, 0.05) is 12.5 Å². The van der Waals surface area contributed by atoms with Crippen molar-refractivity contribution in [2.75, 3.05) is 6.54 Å². The molecule has 0 aliphatic heterocycles. The van der Waals surface area contributed by atoms with Gasteiger partial charge in [0.1, 0.15) is 0 Å². The minimum absolute atomic E-state index is 0.132. The van der Waals surface area contributed by atoms with Crippen molar-refractivity contribution in [1.29, 1.82) is 0 Å². The molecule has 3 heteroatoms. The molecule has 1 fully saturated rings. The standard InChI is InChI=1S/C11H21NO2/c1-9(13)8-12-11(14)10-6-4-2-3-5-7-10/h9-10,13H,2-8H2,1H3,(H,12,14)/t9-/m1/s1. The van der Waals surface area contributed by atoms with E-state index in [9.17, 15) is 4.79 Å². The predicted molar refractivity (Wildman–Crippen MR) is 55.9 cm³/mol. The number of rotatable bonds is 3. The van der Waals surface area contributed by atoms with E-state index in [1.807, 2.05) is 0 Å². The highest BCUT2D eigenvalue weighted by atomic mass is 16.3. The molecule has 82 valence electrons. The maximum absolute atomic E-state index is 11.6. The molecule has 0 saturated heterocycles. The van der Waals surface area contributed by atoms with Gasteiger partial charge in [-0.05, 0) is 19.8 Å². The Morgan fingerprint density at radius 1 is 1.36 bits per heavy atom. The van der Waals surface area contributed by atoms with Crippen molar-refractivity contribution in [2.24, 2.45) is 5.92 Å². The molecule has 0 bridgehead atoms. The van der Waals surface area contributed by atoms with Gasteiger partial charge in [-0.1, -0.05) is 25.7 Å². The number of amides is 1. The normalized spacial score (nSPS) is 21.3. The quantitative estimate of drug-likeness (QED) is 0.676. The molecule has 2 N–H and O–H groups in total. The van der Waals surface area contributed by atoms with E-state index in [1.165, 1.54) is 25.7 Å². The summed E-state index contributed by atoms with van der Waals surface area (Å²) in [6, 6.07) is 0. The van der Waals surface area contributed by atoms with Gasteiger partial charge < -0.3 is 10.4 Å². The second-order valence-electron chi connectivity index (χ2n) is 4.28. The maximum Gasteiger partial charge on any atom is 0.223 e. The highest BCUT2D eigenvalue weighted by Gasteiger charge is 2.19. The van der Waals surface area contributed by atoms with Crippen molar-refractivity contribution >= 4 is 5.91 Å².